The van der Waals surface area contributed by atoms with Crippen molar-refractivity contribution in [2.45, 2.75) is 39.2 Å². The van der Waals surface area contributed by atoms with Gasteiger partial charge >= 0.3 is 0 Å². The molecule has 0 saturated carbocycles. The Morgan fingerprint density at radius 3 is 2.72 bits per heavy atom. The number of nitrogens with one attached hydrogen (secondary N) is 1. The highest BCUT2D eigenvalue weighted by atomic mass is 16.3. The average Bonchev–Trinajstić information content (AvgIpc) is 2.94. The van der Waals surface area contributed by atoms with Gasteiger partial charge in [0.05, 0.1) is 13.0 Å². The second-order valence-corrected chi connectivity index (χ2v) is 6.80. The molecule has 3 rings (SSSR count). The predicted octanol–water partition coefficient (Wildman–Crippen LogP) is 1.36. The maximum absolute atomic E-state index is 12.6. The van der Waals surface area contributed by atoms with Crippen molar-refractivity contribution in [3.8, 4) is 0 Å². The number of H-pyrrole nitrogens is 1. The fourth-order valence-electron chi connectivity index (χ4n) is 3.54. The molecule has 1 atom stereocenters. The van der Waals surface area contributed by atoms with Gasteiger partial charge < -0.3 is 15.0 Å². The molecule has 2 N–H and O–H groups in total. The molecule has 25 heavy (non-hydrogen) atoms. The van der Waals surface area contributed by atoms with Gasteiger partial charge in [0.2, 0.25) is 5.91 Å². The predicted molar refractivity (Wildman–Crippen MR) is 94.3 cm³/mol. The van der Waals surface area contributed by atoms with E-state index in [4.69, 9.17) is 0 Å². The number of aromatic nitrogens is 2. The minimum absolute atomic E-state index is 0.00169. The third-order valence-corrected chi connectivity index (χ3v) is 4.92. The molecule has 132 valence electrons. The lowest BCUT2D eigenvalue weighted by atomic mass is 9.89. The molecule has 6 nitrogen and oxygen atoms in total. The largest absolute Gasteiger partial charge is 0.383 e. The summed E-state index contributed by atoms with van der Waals surface area (Å²) >= 11 is 0. The van der Waals surface area contributed by atoms with Crippen LogP contribution in [0.25, 0.3) is 0 Å². The Morgan fingerprint density at radius 1 is 1.32 bits per heavy atom. The molecule has 2 heterocycles. The van der Waals surface area contributed by atoms with Crippen LogP contribution in [0.15, 0.2) is 29.1 Å². The minimum Gasteiger partial charge on any atom is -0.383 e. The Morgan fingerprint density at radius 2 is 2.04 bits per heavy atom. The van der Waals surface area contributed by atoms with Gasteiger partial charge in [-0.3, -0.25) is 9.59 Å². The third-order valence-electron chi connectivity index (χ3n) is 4.92. The molecule has 1 fully saturated rings. The third kappa shape index (κ3) is 3.35. The van der Waals surface area contributed by atoms with Gasteiger partial charge in [-0.15, -0.1) is 0 Å². The summed E-state index contributed by atoms with van der Waals surface area (Å²) in [5.41, 5.74) is 1.52. The Labute approximate surface area is 146 Å². The van der Waals surface area contributed by atoms with Gasteiger partial charge in [-0.25, -0.2) is 4.98 Å². The van der Waals surface area contributed by atoms with Gasteiger partial charge in [-0.1, -0.05) is 24.3 Å². The van der Waals surface area contributed by atoms with Crippen molar-refractivity contribution in [3.63, 3.8) is 0 Å². The molecule has 1 aromatic carbocycles. The van der Waals surface area contributed by atoms with E-state index in [0.717, 1.165) is 11.1 Å². The molecule has 0 bridgehead atoms. The van der Waals surface area contributed by atoms with Crippen molar-refractivity contribution >= 4 is 5.91 Å². The van der Waals surface area contributed by atoms with Crippen LogP contribution in [-0.4, -0.2) is 39.0 Å². The molecule has 1 saturated heterocycles. The zero-order valence-corrected chi connectivity index (χ0v) is 14.8. The number of benzene rings is 1. The van der Waals surface area contributed by atoms with Crippen molar-refractivity contribution in [1.82, 2.24) is 14.9 Å². The molecule has 1 aromatic heterocycles. The summed E-state index contributed by atoms with van der Waals surface area (Å²) in [5, 5.41) is 11.0. The Bertz CT molecular complexity index is 874. The fourth-order valence-corrected chi connectivity index (χ4v) is 3.54. The van der Waals surface area contributed by atoms with Gasteiger partial charge in [-0.2, -0.15) is 0 Å². The van der Waals surface area contributed by atoms with E-state index in [9.17, 15) is 14.7 Å². The number of aliphatic hydroxyl groups is 1. The van der Waals surface area contributed by atoms with E-state index in [1.165, 1.54) is 0 Å². The first-order valence-electron chi connectivity index (χ1n) is 8.43. The highest BCUT2D eigenvalue weighted by Crippen LogP contribution is 2.33. The lowest BCUT2D eigenvalue weighted by Crippen LogP contribution is -2.36. The summed E-state index contributed by atoms with van der Waals surface area (Å²) in [6.45, 7) is 6.12. The summed E-state index contributed by atoms with van der Waals surface area (Å²) in [7, 11) is 0. The van der Waals surface area contributed by atoms with Crippen LogP contribution in [0, 0.1) is 20.8 Å². The number of rotatable bonds is 3. The minimum atomic E-state index is -1.03. The number of carbonyl (C=O) groups excluding carboxylic acids is 1. The molecule has 0 spiro atoms. The van der Waals surface area contributed by atoms with Crippen molar-refractivity contribution < 1.29 is 9.90 Å². The van der Waals surface area contributed by atoms with Crippen LogP contribution in [0.5, 0.6) is 0 Å². The van der Waals surface area contributed by atoms with E-state index in [1.807, 2.05) is 31.2 Å². The highest BCUT2D eigenvalue weighted by molar-refractivity contribution is 5.79. The van der Waals surface area contributed by atoms with E-state index < -0.39 is 5.60 Å². The standard InChI is InChI=1S/C19H23N3O3/c1-12-6-4-5-7-16(12)19(25)8-9-22(11-19)17(23)10-15-13(2)20-14(3)21-18(15)24/h4-7,25H,8-11H2,1-3H3,(H,20,21,24)/t19-/m0/s1. The molecule has 2 aromatic rings. The van der Waals surface area contributed by atoms with E-state index in [0.29, 0.717) is 30.0 Å². The quantitative estimate of drug-likeness (QED) is 0.882. The topological polar surface area (TPSA) is 86.3 Å². The fraction of sp³-hybridized carbons (Fsp3) is 0.421. The maximum Gasteiger partial charge on any atom is 0.254 e. The van der Waals surface area contributed by atoms with E-state index >= 15 is 0 Å². The molecule has 1 aliphatic rings. The second-order valence-electron chi connectivity index (χ2n) is 6.80. The molecule has 0 unspecified atom stereocenters. The number of amides is 1. The summed E-state index contributed by atoms with van der Waals surface area (Å²) in [4.78, 5) is 33.2. The van der Waals surface area contributed by atoms with Crippen molar-refractivity contribution in [2.75, 3.05) is 13.1 Å². The number of likely N-dealkylation sites (tertiary alicyclic amines) is 1. The van der Waals surface area contributed by atoms with Crippen molar-refractivity contribution in [3.05, 3.63) is 62.8 Å². The smallest absolute Gasteiger partial charge is 0.254 e. The lowest BCUT2D eigenvalue weighted by Gasteiger charge is -2.25. The monoisotopic (exact) mass is 341 g/mol. The molecule has 1 amide bonds. The molecule has 1 aliphatic heterocycles. The Kier molecular flexibility index (Phi) is 4.47. The Balaban J connectivity index is 1.78. The first kappa shape index (κ1) is 17.4. The maximum atomic E-state index is 12.6. The summed E-state index contributed by atoms with van der Waals surface area (Å²) < 4.78 is 0. The van der Waals surface area contributed by atoms with Gasteiger partial charge in [0.1, 0.15) is 11.4 Å². The van der Waals surface area contributed by atoms with Crippen LogP contribution in [0.4, 0.5) is 0 Å². The van der Waals surface area contributed by atoms with Crippen LogP contribution < -0.4 is 5.56 Å². The van der Waals surface area contributed by atoms with Crippen LogP contribution in [0.2, 0.25) is 0 Å². The normalized spacial score (nSPS) is 20.1. The second kappa shape index (κ2) is 6.44. The zero-order valence-electron chi connectivity index (χ0n) is 14.8. The zero-order chi connectivity index (χ0) is 18.2. The number of hydrogen-bond acceptors (Lipinski definition) is 4. The van der Waals surface area contributed by atoms with Gasteiger partial charge in [0, 0.05) is 17.8 Å². The summed E-state index contributed by atoms with van der Waals surface area (Å²) in [5.74, 6) is 0.373. The SMILES string of the molecule is Cc1nc(C)c(CC(=O)N2CC[C@@](O)(c3ccccc3C)C2)c(=O)[nH]1. The first-order chi connectivity index (χ1) is 11.8. The average molecular weight is 341 g/mol. The van der Waals surface area contributed by atoms with Gasteiger partial charge in [0.15, 0.2) is 0 Å². The molecular formula is C19H23N3O3. The van der Waals surface area contributed by atoms with Crippen LogP contribution >= 0.6 is 0 Å². The van der Waals surface area contributed by atoms with E-state index in [1.54, 1.807) is 18.7 Å². The van der Waals surface area contributed by atoms with Gasteiger partial charge in [0.25, 0.3) is 5.56 Å². The number of carbonyl (C=O) groups is 1. The van der Waals surface area contributed by atoms with Crippen LogP contribution in [-0.2, 0) is 16.8 Å². The van der Waals surface area contributed by atoms with Gasteiger partial charge in [-0.05, 0) is 38.3 Å². The first-order valence-corrected chi connectivity index (χ1v) is 8.43. The van der Waals surface area contributed by atoms with E-state index in [-0.39, 0.29) is 24.4 Å². The highest BCUT2D eigenvalue weighted by Gasteiger charge is 2.40. The molecule has 6 heteroatoms. The lowest BCUT2D eigenvalue weighted by molar-refractivity contribution is -0.130. The molecule has 0 aliphatic carbocycles. The number of β-amino-alcohol motifs (C(OH)–C–C–N with tert-alkyl or cyclic N) is 1. The number of nitrogens with zero attached hydrogens (tertiary/aromatic N) is 2. The number of aryl methyl sites for hydroxylation is 3. The number of aromatic amines is 1. The number of hydrogen-bond donors (Lipinski definition) is 2. The molecular weight excluding hydrogens is 318 g/mol. The van der Waals surface area contributed by atoms with Crippen LogP contribution in [0.1, 0.15) is 34.6 Å². The molecule has 0 radical (unpaired) electrons. The van der Waals surface area contributed by atoms with Crippen molar-refractivity contribution in [1.29, 1.82) is 0 Å². The van der Waals surface area contributed by atoms with Crippen molar-refractivity contribution in [2.24, 2.45) is 0 Å². The van der Waals surface area contributed by atoms with E-state index in [2.05, 4.69) is 9.97 Å². The summed E-state index contributed by atoms with van der Waals surface area (Å²) in [6, 6.07) is 7.69. The Hall–Kier alpha value is -2.47. The van der Waals surface area contributed by atoms with Crippen LogP contribution in [0.3, 0.4) is 0 Å². The summed E-state index contributed by atoms with van der Waals surface area (Å²) in [6.07, 6.45) is 0.489.